The molecule has 0 radical (unpaired) electrons. The number of carbonyl (C=O) groups excluding carboxylic acids is 1. The summed E-state index contributed by atoms with van der Waals surface area (Å²) in [6.45, 7) is 3.79. The van der Waals surface area contributed by atoms with Gasteiger partial charge in [0, 0.05) is 0 Å². The van der Waals surface area contributed by atoms with Crippen molar-refractivity contribution in [1.29, 1.82) is 0 Å². The zero-order chi connectivity index (χ0) is 21.3. The first kappa shape index (κ1) is 20.8. The van der Waals surface area contributed by atoms with Gasteiger partial charge in [-0.2, -0.15) is 10.1 Å². The first-order valence-electron chi connectivity index (χ1n) is 8.51. The van der Waals surface area contributed by atoms with E-state index in [1.54, 1.807) is 26.0 Å². The highest BCUT2D eigenvalue weighted by Gasteiger charge is 2.29. The number of primary sulfonamides is 1. The van der Waals surface area contributed by atoms with E-state index >= 15 is 0 Å². The number of nitrogens with two attached hydrogens (primary N) is 1. The van der Waals surface area contributed by atoms with E-state index in [0.29, 0.717) is 29.1 Å². The normalized spacial score (nSPS) is 15.7. The maximum Gasteiger partial charge on any atom is 0.280 e. The summed E-state index contributed by atoms with van der Waals surface area (Å²) in [5.74, 6) is -0.356. The van der Waals surface area contributed by atoms with Crippen LogP contribution in [0.5, 0.6) is 11.5 Å². The van der Waals surface area contributed by atoms with Gasteiger partial charge in [-0.15, -0.1) is 0 Å². The van der Waals surface area contributed by atoms with Crippen molar-refractivity contribution in [3.05, 3.63) is 52.6 Å². The van der Waals surface area contributed by atoms with E-state index in [9.17, 15) is 18.3 Å². The standard InChI is InChI=1S/C19H18ClN3O5S/c1-3-28-17-10-12(9-16(20)18(17)24)8-15-11(2)22-23(19(15)25)13-4-6-14(7-5-13)29(21,26)27/h4-10,24H,3H2,1-2H3,(H2,21,26,27)/b15-8+. The van der Waals surface area contributed by atoms with Crippen LogP contribution >= 0.6 is 11.6 Å². The van der Waals surface area contributed by atoms with Gasteiger partial charge in [-0.25, -0.2) is 13.6 Å². The molecule has 0 bridgehead atoms. The Hall–Kier alpha value is -2.88. The first-order chi connectivity index (χ1) is 13.6. The summed E-state index contributed by atoms with van der Waals surface area (Å²) >= 11 is 6.04. The quantitative estimate of drug-likeness (QED) is 0.699. The number of carbonyl (C=O) groups is 1. The number of sulfonamides is 1. The van der Waals surface area contributed by atoms with E-state index < -0.39 is 15.9 Å². The van der Waals surface area contributed by atoms with Crippen LogP contribution in [0.2, 0.25) is 5.02 Å². The number of hydrogen-bond acceptors (Lipinski definition) is 6. The topological polar surface area (TPSA) is 122 Å². The highest BCUT2D eigenvalue weighted by atomic mass is 35.5. The van der Waals surface area contributed by atoms with Crippen LogP contribution in [0.15, 0.2) is 52.0 Å². The third-order valence-electron chi connectivity index (χ3n) is 4.13. The molecule has 0 saturated carbocycles. The third kappa shape index (κ3) is 4.26. The van der Waals surface area contributed by atoms with E-state index in [4.69, 9.17) is 21.5 Å². The molecule has 0 atom stereocenters. The second kappa shape index (κ2) is 7.86. The number of phenolic OH excluding ortho intramolecular Hbond substituents is 1. The number of hydrazone groups is 1. The van der Waals surface area contributed by atoms with Crippen molar-refractivity contribution in [2.75, 3.05) is 11.6 Å². The molecule has 3 N–H and O–H groups in total. The lowest BCUT2D eigenvalue weighted by Gasteiger charge is -2.12. The van der Waals surface area contributed by atoms with Crippen LogP contribution in [0.3, 0.4) is 0 Å². The van der Waals surface area contributed by atoms with Gasteiger partial charge < -0.3 is 9.84 Å². The molecule has 0 aromatic heterocycles. The molecule has 8 nitrogen and oxygen atoms in total. The molecule has 1 heterocycles. The largest absolute Gasteiger partial charge is 0.503 e. The molecule has 29 heavy (non-hydrogen) atoms. The van der Waals surface area contributed by atoms with Crippen molar-refractivity contribution in [1.82, 2.24) is 0 Å². The molecule has 0 aliphatic carbocycles. The van der Waals surface area contributed by atoms with Crippen molar-refractivity contribution in [2.24, 2.45) is 10.2 Å². The van der Waals surface area contributed by atoms with Gasteiger partial charge in [0.15, 0.2) is 11.5 Å². The fraction of sp³-hybridized carbons (Fsp3) is 0.158. The molecule has 1 aliphatic heterocycles. The van der Waals surface area contributed by atoms with Gasteiger partial charge in [0.25, 0.3) is 5.91 Å². The highest BCUT2D eigenvalue weighted by Crippen LogP contribution is 2.36. The molecule has 10 heteroatoms. The fourth-order valence-corrected chi connectivity index (χ4v) is 3.48. The predicted octanol–water partition coefficient (Wildman–Crippen LogP) is 2.90. The molecule has 1 amide bonds. The van der Waals surface area contributed by atoms with Gasteiger partial charge in [-0.1, -0.05) is 11.6 Å². The maximum absolute atomic E-state index is 12.9. The van der Waals surface area contributed by atoms with Crippen LogP contribution in [0.4, 0.5) is 5.69 Å². The number of hydrogen-bond donors (Lipinski definition) is 2. The summed E-state index contributed by atoms with van der Waals surface area (Å²) in [5.41, 5.74) is 1.74. The Morgan fingerprint density at radius 1 is 1.28 bits per heavy atom. The highest BCUT2D eigenvalue weighted by molar-refractivity contribution is 7.89. The summed E-state index contributed by atoms with van der Waals surface area (Å²) in [5, 5.41) is 20.6. The number of aromatic hydroxyl groups is 1. The summed E-state index contributed by atoms with van der Waals surface area (Å²) in [4.78, 5) is 12.8. The van der Waals surface area contributed by atoms with Crippen LogP contribution in [0.25, 0.3) is 6.08 Å². The van der Waals surface area contributed by atoms with Crippen molar-refractivity contribution < 1.29 is 23.1 Å². The van der Waals surface area contributed by atoms with Gasteiger partial charge in [-0.05, 0) is 61.9 Å². The fourth-order valence-electron chi connectivity index (χ4n) is 2.75. The summed E-state index contributed by atoms with van der Waals surface area (Å²) in [6, 6.07) is 8.58. The van der Waals surface area contributed by atoms with Gasteiger partial charge in [-0.3, -0.25) is 4.79 Å². The van der Waals surface area contributed by atoms with E-state index in [1.165, 1.54) is 35.3 Å². The van der Waals surface area contributed by atoms with Crippen LogP contribution in [0, 0.1) is 0 Å². The molecule has 3 rings (SSSR count). The van der Waals surface area contributed by atoms with Crippen molar-refractivity contribution in [3.8, 4) is 11.5 Å². The molecule has 1 aliphatic rings. The van der Waals surface area contributed by atoms with E-state index in [2.05, 4.69) is 5.10 Å². The molecule has 0 saturated heterocycles. The minimum absolute atomic E-state index is 0.0634. The average molecular weight is 436 g/mol. The third-order valence-corrected chi connectivity index (χ3v) is 5.35. The zero-order valence-corrected chi connectivity index (χ0v) is 17.2. The first-order valence-corrected chi connectivity index (χ1v) is 10.4. The Kier molecular flexibility index (Phi) is 5.65. The molecular formula is C19H18ClN3O5S. The van der Waals surface area contributed by atoms with Crippen LogP contribution < -0.4 is 14.9 Å². The van der Waals surface area contributed by atoms with Gasteiger partial charge in [0.05, 0.1) is 33.5 Å². The minimum Gasteiger partial charge on any atom is -0.503 e. The monoisotopic (exact) mass is 435 g/mol. The van der Waals surface area contributed by atoms with Crippen molar-refractivity contribution in [2.45, 2.75) is 18.7 Å². The van der Waals surface area contributed by atoms with Crippen molar-refractivity contribution >= 4 is 45.0 Å². The Bertz CT molecular complexity index is 1140. The molecule has 152 valence electrons. The van der Waals surface area contributed by atoms with Crippen molar-refractivity contribution in [3.63, 3.8) is 0 Å². The minimum atomic E-state index is -3.83. The van der Waals surface area contributed by atoms with E-state index in [1.807, 2.05) is 0 Å². The van der Waals surface area contributed by atoms with Gasteiger partial charge in [0.2, 0.25) is 10.0 Å². The Morgan fingerprint density at radius 3 is 2.52 bits per heavy atom. The Labute approximate surface area is 172 Å². The Balaban J connectivity index is 1.94. The zero-order valence-electron chi connectivity index (χ0n) is 15.6. The number of nitrogens with zero attached hydrogens (tertiary/aromatic N) is 2. The summed E-state index contributed by atoms with van der Waals surface area (Å²) < 4.78 is 28.1. The summed E-state index contributed by atoms with van der Waals surface area (Å²) in [7, 11) is -3.83. The second-order valence-electron chi connectivity index (χ2n) is 6.18. The predicted molar refractivity (Wildman–Crippen MR) is 111 cm³/mol. The second-order valence-corrected chi connectivity index (χ2v) is 8.15. The maximum atomic E-state index is 12.9. The lowest BCUT2D eigenvalue weighted by molar-refractivity contribution is -0.114. The number of benzene rings is 2. The van der Waals surface area contributed by atoms with Crippen LogP contribution in [-0.2, 0) is 14.8 Å². The molecular weight excluding hydrogens is 418 g/mol. The lowest BCUT2D eigenvalue weighted by atomic mass is 10.1. The van der Waals surface area contributed by atoms with Crippen LogP contribution in [0.1, 0.15) is 19.4 Å². The number of halogens is 1. The number of ether oxygens (including phenoxy) is 1. The number of rotatable bonds is 5. The van der Waals surface area contributed by atoms with E-state index in [-0.39, 0.29) is 21.4 Å². The average Bonchev–Trinajstić information content (AvgIpc) is 2.93. The number of anilines is 1. The molecule has 2 aromatic carbocycles. The molecule has 0 fully saturated rings. The van der Waals surface area contributed by atoms with E-state index in [0.717, 1.165) is 0 Å². The molecule has 0 unspecified atom stereocenters. The SMILES string of the molecule is CCOc1cc(/C=C2/C(=O)N(c3ccc(S(N)(=O)=O)cc3)N=C2C)cc(Cl)c1O. The molecule has 0 spiro atoms. The summed E-state index contributed by atoms with van der Waals surface area (Å²) in [6.07, 6.45) is 1.59. The molecule has 2 aromatic rings. The smallest absolute Gasteiger partial charge is 0.280 e. The van der Waals surface area contributed by atoms with Gasteiger partial charge >= 0.3 is 0 Å². The van der Waals surface area contributed by atoms with Gasteiger partial charge in [0.1, 0.15) is 0 Å². The number of amides is 1. The Morgan fingerprint density at radius 2 is 1.93 bits per heavy atom. The number of phenols is 1. The lowest BCUT2D eigenvalue weighted by Crippen LogP contribution is -2.21. The van der Waals surface area contributed by atoms with Crippen LogP contribution in [-0.4, -0.2) is 31.8 Å².